The molecule has 0 bridgehead atoms. The maximum Gasteiger partial charge on any atom is 0.163 e. The molecule has 3 heteroatoms. The second-order valence-corrected chi connectivity index (χ2v) is 3.75. The zero-order chi connectivity index (χ0) is 8.55. The number of hydrogen-bond acceptors (Lipinski definition) is 3. The number of hydrogen-bond donors (Lipinski definition) is 0. The van der Waals surface area contributed by atoms with Gasteiger partial charge in [0, 0.05) is 5.92 Å². The molecule has 0 aromatic rings. The smallest absolute Gasteiger partial charge is 0.163 e. The number of fused-ring (bicyclic) bond motifs is 1. The second-order valence-electron chi connectivity index (χ2n) is 3.75. The van der Waals surface area contributed by atoms with Gasteiger partial charge < -0.3 is 14.2 Å². The Morgan fingerprint density at radius 2 is 2.17 bits per heavy atom. The molecule has 0 N–H and O–H groups in total. The minimum absolute atomic E-state index is 0.0220. The Bertz CT molecular complexity index is 158. The van der Waals surface area contributed by atoms with Gasteiger partial charge in [-0.2, -0.15) is 0 Å². The third-order valence-corrected chi connectivity index (χ3v) is 2.43. The summed E-state index contributed by atoms with van der Waals surface area (Å²) < 4.78 is 16.5. The molecule has 0 aromatic carbocycles. The first kappa shape index (κ1) is 8.48. The molecule has 2 aliphatic rings. The van der Waals surface area contributed by atoms with Gasteiger partial charge in [-0.1, -0.05) is 0 Å². The minimum Gasteiger partial charge on any atom is -0.373 e. The maximum absolute atomic E-state index is 5.72. The third-order valence-electron chi connectivity index (χ3n) is 2.43. The van der Waals surface area contributed by atoms with Crippen molar-refractivity contribution in [1.82, 2.24) is 0 Å². The van der Waals surface area contributed by atoms with Gasteiger partial charge in [0.1, 0.15) is 0 Å². The van der Waals surface area contributed by atoms with Gasteiger partial charge in [0.15, 0.2) is 6.29 Å². The molecule has 0 aromatic heterocycles. The Hall–Kier alpha value is -0.120. The summed E-state index contributed by atoms with van der Waals surface area (Å²) in [5.74, 6) is 0.479. The van der Waals surface area contributed by atoms with Gasteiger partial charge in [0.25, 0.3) is 0 Å². The van der Waals surface area contributed by atoms with Gasteiger partial charge in [-0.3, -0.25) is 0 Å². The van der Waals surface area contributed by atoms with Crippen LogP contribution in [0.25, 0.3) is 0 Å². The first-order chi connectivity index (χ1) is 5.77. The van der Waals surface area contributed by atoms with Crippen LogP contribution in [0.2, 0.25) is 0 Å². The summed E-state index contributed by atoms with van der Waals surface area (Å²) in [5, 5.41) is 0. The van der Waals surface area contributed by atoms with E-state index in [1.165, 1.54) is 0 Å². The molecule has 12 heavy (non-hydrogen) atoms. The standard InChI is InChI=1S/C9H16O3/c1-6(2)12-8-5-11-9-7(8)3-4-10-9/h6-9H,3-5H2,1-2H3/t7-,8?,9+/m0/s1. The monoisotopic (exact) mass is 172 g/mol. The SMILES string of the molecule is CC(C)OC1CO[C@H]2OCC[C@@H]12. The maximum atomic E-state index is 5.72. The molecule has 0 saturated carbocycles. The lowest BCUT2D eigenvalue weighted by atomic mass is 10.0. The van der Waals surface area contributed by atoms with E-state index in [-0.39, 0.29) is 18.5 Å². The highest BCUT2D eigenvalue weighted by molar-refractivity contribution is 4.83. The van der Waals surface area contributed by atoms with Crippen molar-refractivity contribution in [1.29, 1.82) is 0 Å². The summed E-state index contributed by atoms with van der Waals surface area (Å²) in [4.78, 5) is 0. The van der Waals surface area contributed by atoms with Gasteiger partial charge >= 0.3 is 0 Å². The molecule has 3 nitrogen and oxygen atoms in total. The molecule has 70 valence electrons. The van der Waals surface area contributed by atoms with E-state index < -0.39 is 0 Å². The largest absolute Gasteiger partial charge is 0.373 e. The Kier molecular flexibility index (Phi) is 2.35. The molecule has 1 unspecified atom stereocenters. The molecule has 0 aliphatic carbocycles. The molecule has 3 atom stereocenters. The van der Waals surface area contributed by atoms with E-state index in [9.17, 15) is 0 Å². The lowest BCUT2D eigenvalue weighted by Crippen LogP contribution is -2.26. The fraction of sp³-hybridized carbons (Fsp3) is 1.00. The van der Waals surface area contributed by atoms with Crippen LogP contribution in [0.4, 0.5) is 0 Å². The summed E-state index contributed by atoms with van der Waals surface area (Å²) in [6, 6.07) is 0. The van der Waals surface area contributed by atoms with Crippen LogP contribution in [0.3, 0.4) is 0 Å². The Morgan fingerprint density at radius 3 is 2.92 bits per heavy atom. The van der Waals surface area contributed by atoms with Crippen LogP contribution in [0.1, 0.15) is 20.3 Å². The van der Waals surface area contributed by atoms with Gasteiger partial charge in [-0.05, 0) is 20.3 Å². The van der Waals surface area contributed by atoms with Crippen molar-refractivity contribution in [2.24, 2.45) is 5.92 Å². The molecule has 0 radical (unpaired) electrons. The van der Waals surface area contributed by atoms with E-state index in [0.717, 1.165) is 13.0 Å². The predicted molar refractivity (Wildman–Crippen MR) is 43.8 cm³/mol. The van der Waals surface area contributed by atoms with Crippen molar-refractivity contribution >= 4 is 0 Å². The fourth-order valence-corrected chi connectivity index (χ4v) is 1.92. The first-order valence-electron chi connectivity index (χ1n) is 4.66. The van der Waals surface area contributed by atoms with Crippen LogP contribution < -0.4 is 0 Å². The van der Waals surface area contributed by atoms with Gasteiger partial charge in [-0.25, -0.2) is 0 Å². The number of ether oxygens (including phenoxy) is 3. The zero-order valence-corrected chi connectivity index (χ0v) is 7.66. The van der Waals surface area contributed by atoms with Crippen LogP contribution in [0.15, 0.2) is 0 Å². The highest BCUT2D eigenvalue weighted by atomic mass is 16.7. The van der Waals surface area contributed by atoms with E-state index in [4.69, 9.17) is 14.2 Å². The molecule has 2 heterocycles. The van der Waals surface area contributed by atoms with E-state index in [2.05, 4.69) is 13.8 Å². The third kappa shape index (κ3) is 1.49. The molecule has 2 saturated heterocycles. The first-order valence-corrected chi connectivity index (χ1v) is 4.66. The van der Waals surface area contributed by atoms with Crippen molar-refractivity contribution in [3.63, 3.8) is 0 Å². The Labute approximate surface area is 73.0 Å². The van der Waals surface area contributed by atoms with Crippen molar-refractivity contribution in [3.8, 4) is 0 Å². The Morgan fingerprint density at radius 1 is 1.33 bits per heavy atom. The summed E-state index contributed by atoms with van der Waals surface area (Å²) in [6.45, 7) is 5.65. The number of rotatable bonds is 2. The summed E-state index contributed by atoms with van der Waals surface area (Å²) in [7, 11) is 0. The molecule has 2 fully saturated rings. The van der Waals surface area contributed by atoms with Crippen molar-refractivity contribution in [2.75, 3.05) is 13.2 Å². The van der Waals surface area contributed by atoms with Crippen molar-refractivity contribution < 1.29 is 14.2 Å². The molecule has 2 aliphatic heterocycles. The average Bonchev–Trinajstić information content (AvgIpc) is 2.52. The average molecular weight is 172 g/mol. The quantitative estimate of drug-likeness (QED) is 0.626. The van der Waals surface area contributed by atoms with E-state index in [1.807, 2.05) is 0 Å². The molecule has 0 amide bonds. The summed E-state index contributed by atoms with van der Waals surface area (Å²) in [5.41, 5.74) is 0. The van der Waals surface area contributed by atoms with Crippen molar-refractivity contribution in [3.05, 3.63) is 0 Å². The highest BCUT2D eigenvalue weighted by Crippen LogP contribution is 2.33. The molecular formula is C9H16O3. The molecular weight excluding hydrogens is 156 g/mol. The normalized spacial score (nSPS) is 40.8. The Balaban J connectivity index is 1.91. The van der Waals surface area contributed by atoms with E-state index >= 15 is 0 Å². The van der Waals surface area contributed by atoms with Crippen LogP contribution in [-0.2, 0) is 14.2 Å². The van der Waals surface area contributed by atoms with Crippen LogP contribution in [0.5, 0.6) is 0 Å². The molecule has 0 spiro atoms. The van der Waals surface area contributed by atoms with Gasteiger partial charge in [0.2, 0.25) is 0 Å². The fourth-order valence-electron chi connectivity index (χ4n) is 1.92. The minimum atomic E-state index is 0.0220. The van der Waals surface area contributed by atoms with E-state index in [1.54, 1.807) is 0 Å². The summed E-state index contributed by atoms with van der Waals surface area (Å²) in [6.07, 6.45) is 1.66. The van der Waals surface area contributed by atoms with Crippen LogP contribution in [-0.4, -0.2) is 31.7 Å². The topological polar surface area (TPSA) is 27.7 Å². The van der Waals surface area contributed by atoms with Crippen LogP contribution in [0, 0.1) is 5.92 Å². The van der Waals surface area contributed by atoms with E-state index in [0.29, 0.717) is 12.5 Å². The highest BCUT2D eigenvalue weighted by Gasteiger charge is 2.42. The van der Waals surface area contributed by atoms with Gasteiger partial charge in [-0.15, -0.1) is 0 Å². The second kappa shape index (κ2) is 3.32. The van der Waals surface area contributed by atoms with Crippen molar-refractivity contribution in [2.45, 2.75) is 38.8 Å². The zero-order valence-electron chi connectivity index (χ0n) is 7.66. The molecule has 2 rings (SSSR count). The summed E-state index contributed by atoms with van der Waals surface area (Å²) >= 11 is 0. The van der Waals surface area contributed by atoms with Crippen LogP contribution >= 0.6 is 0 Å². The lowest BCUT2D eigenvalue weighted by Gasteiger charge is -2.18. The predicted octanol–water partition coefficient (Wildman–Crippen LogP) is 1.17. The van der Waals surface area contributed by atoms with Gasteiger partial charge in [0.05, 0.1) is 25.4 Å². The lowest BCUT2D eigenvalue weighted by molar-refractivity contribution is -0.0911.